The highest BCUT2D eigenvalue weighted by Crippen LogP contribution is 2.35. The van der Waals surface area contributed by atoms with Crippen LogP contribution in [0.5, 0.6) is 0 Å². The van der Waals surface area contributed by atoms with Gasteiger partial charge in [-0.2, -0.15) is 0 Å². The maximum absolute atomic E-state index is 13.8. The summed E-state index contributed by atoms with van der Waals surface area (Å²) >= 11 is 0. The fourth-order valence-corrected chi connectivity index (χ4v) is 4.06. The summed E-state index contributed by atoms with van der Waals surface area (Å²) in [6.07, 6.45) is 7.03. The second-order valence-electron chi connectivity index (χ2n) is 7.39. The van der Waals surface area contributed by atoms with Crippen LogP contribution in [0, 0.1) is 5.82 Å². The Hall–Kier alpha value is -3.20. The summed E-state index contributed by atoms with van der Waals surface area (Å²) in [6, 6.07) is 24.3. The molecule has 0 aromatic heterocycles. The Morgan fingerprint density at radius 1 is 1.00 bits per heavy atom. The van der Waals surface area contributed by atoms with Gasteiger partial charge in [-0.1, -0.05) is 72.8 Å². The van der Waals surface area contributed by atoms with Crippen LogP contribution in [0.4, 0.5) is 4.39 Å². The first kappa shape index (κ1) is 19.1. The molecule has 3 aromatic rings. The summed E-state index contributed by atoms with van der Waals surface area (Å²) in [5, 5.41) is 0. The van der Waals surface area contributed by atoms with Crippen LogP contribution in [-0.4, -0.2) is 17.4 Å². The van der Waals surface area contributed by atoms with Gasteiger partial charge in [-0.05, 0) is 54.2 Å². The predicted molar refractivity (Wildman–Crippen MR) is 115 cm³/mol. The number of carbonyl (C=O) groups excluding carboxylic acids is 1. The Labute approximate surface area is 171 Å². The summed E-state index contributed by atoms with van der Waals surface area (Å²) < 4.78 is 13.8. The molecule has 146 valence electrons. The lowest BCUT2D eigenvalue weighted by atomic mass is 9.86. The lowest BCUT2D eigenvalue weighted by Gasteiger charge is -2.35. The minimum absolute atomic E-state index is 0.00357. The normalized spacial score (nSPS) is 15.8. The minimum Gasteiger partial charge on any atom is -0.328 e. The summed E-state index contributed by atoms with van der Waals surface area (Å²) in [4.78, 5) is 15.3. The largest absolute Gasteiger partial charge is 0.328 e. The lowest BCUT2D eigenvalue weighted by molar-refractivity contribution is 0.0683. The zero-order valence-corrected chi connectivity index (χ0v) is 16.3. The standard InChI is InChI=1S/C26H24FNO/c27-23-15-6-14-22(19-23)26(29)28(18-8-11-20-9-2-1-3-10-20)25-17-7-13-21-12-4-5-16-24(21)25/h1-6,8-12,14-16,19,25H,7,13,17-18H2/b11-8+. The number of halogens is 1. The molecule has 0 bridgehead atoms. The van der Waals surface area contributed by atoms with Gasteiger partial charge in [-0.15, -0.1) is 0 Å². The Balaban J connectivity index is 1.66. The molecule has 1 aliphatic rings. The zero-order valence-electron chi connectivity index (χ0n) is 16.3. The molecule has 3 aromatic carbocycles. The Bertz CT molecular complexity index is 1010. The van der Waals surface area contributed by atoms with Crippen LogP contribution < -0.4 is 0 Å². The van der Waals surface area contributed by atoms with E-state index in [1.165, 1.54) is 23.3 Å². The van der Waals surface area contributed by atoms with Crippen molar-refractivity contribution in [1.82, 2.24) is 4.90 Å². The van der Waals surface area contributed by atoms with Crippen molar-refractivity contribution in [3.05, 3.63) is 113 Å². The van der Waals surface area contributed by atoms with Gasteiger partial charge in [0.1, 0.15) is 5.82 Å². The fraction of sp³-hybridized carbons (Fsp3) is 0.192. The molecule has 0 saturated heterocycles. The molecule has 0 fully saturated rings. The van der Waals surface area contributed by atoms with E-state index >= 15 is 0 Å². The highest BCUT2D eigenvalue weighted by atomic mass is 19.1. The second kappa shape index (κ2) is 8.87. The number of amides is 1. The molecular formula is C26H24FNO. The van der Waals surface area contributed by atoms with Crippen molar-refractivity contribution in [3.8, 4) is 0 Å². The molecule has 1 atom stereocenters. The molecule has 1 aliphatic carbocycles. The zero-order chi connectivity index (χ0) is 20.1. The maximum atomic E-state index is 13.8. The highest BCUT2D eigenvalue weighted by molar-refractivity contribution is 5.94. The van der Waals surface area contributed by atoms with Crippen molar-refractivity contribution in [2.45, 2.75) is 25.3 Å². The number of nitrogens with zero attached hydrogens (tertiary/aromatic N) is 1. The average molecular weight is 385 g/mol. The summed E-state index contributed by atoms with van der Waals surface area (Å²) in [5.74, 6) is -0.524. The van der Waals surface area contributed by atoms with Gasteiger partial charge in [-0.3, -0.25) is 4.79 Å². The molecule has 3 heteroatoms. The van der Waals surface area contributed by atoms with Crippen LogP contribution in [-0.2, 0) is 6.42 Å². The van der Waals surface area contributed by atoms with Crippen LogP contribution in [0.3, 0.4) is 0 Å². The highest BCUT2D eigenvalue weighted by Gasteiger charge is 2.29. The molecule has 2 nitrogen and oxygen atoms in total. The third-order valence-corrected chi connectivity index (χ3v) is 5.46. The topological polar surface area (TPSA) is 20.3 Å². The van der Waals surface area contributed by atoms with Gasteiger partial charge < -0.3 is 4.90 Å². The van der Waals surface area contributed by atoms with Gasteiger partial charge in [0.05, 0.1) is 6.04 Å². The monoisotopic (exact) mass is 385 g/mol. The van der Waals surface area contributed by atoms with Crippen molar-refractivity contribution in [1.29, 1.82) is 0 Å². The molecular weight excluding hydrogens is 361 g/mol. The number of benzene rings is 3. The van der Waals surface area contributed by atoms with Crippen LogP contribution in [0.1, 0.15) is 45.9 Å². The number of aryl methyl sites for hydroxylation is 1. The molecule has 0 radical (unpaired) electrons. The van der Waals surface area contributed by atoms with Crippen LogP contribution in [0.25, 0.3) is 6.08 Å². The number of hydrogen-bond acceptors (Lipinski definition) is 1. The number of fused-ring (bicyclic) bond motifs is 1. The van der Waals surface area contributed by atoms with Gasteiger partial charge in [0.25, 0.3) is 5.91 Å². The van der Waals surface area contributed by atoms with Crippen molar-refractivity contribution in [2.75, 3.05) is 6.54 Å². The minimum atomic E-state index is -0.389. The Morgan fingerprint density at radius 3 is 2.62 bits per heavy atom. The first-order valence-corrected chi connectivity index (χ1v) is 10.1. The van der Waals surface area contributed by atoms with Crippen molar-refractivity contribution in [3.63, 3.8) is 0 Å². The SMILES string of the molecule is O=C(c1cccc(F)c1)N(C/C=C/c1ccccc1)C1CCCc2ccccc21. The summed E-state index contributed by atoms with van der Waals surface area (Å²) in [7, 11) is 0. The molecule has 29 heavy (non-hydrogen) atoms. The van der Waals surface area contributed by atoms with E-state index in [1.54, 1.807) is 12.1 Å². The molecule has 1 amide bonds. The third-order valence-electron chi connectivity index (χ3n) is 5.46. The Kier molecular flexibility index (Phi) is 5.85. The number of hydrogen-bond donors (Lipinski definition) is 0. The van der Waals surface area contributed by atoms with Crippen molar-refractivity contribution < 1.29 is 9.18 Å². The molecule has 0 heterocycles. The van der Waals surface area contributed by atoms with Gasteiger partial charge in [0.2, 0.25) is 0 Å². The number of rotatable bonds is 5. The summed E-state index contributed by atoms with van der Waals surface area (Å²) in [5.41, 5.74) is 3.99. The quantitative estimate of drug-likeness (QED) is 0.523. The van der Waals surface area contributed by atoms with E-state index in [-0.39, 0.29) is 17.8 Å². The average Bonchev–Trinajstić information content (AvgIpc) is 2.77. The van der Waals surface area contributed by atoms with Gasteiger partial charge >= 0.3 is 0 Å². The molecule has 0 N–H and O–H groups in total. The Morgan fingerprint density at radius 2 is 1.79 bits per heavy atom. The molecule has 0 spiro atoms. The molecule has 1 unspecified atom stereocenters. The smallest absolute Gasteiger partial charge is 0.254 e. The molecule has 0 saturated carbocycles. The van der Waals surface area contributed by atoms with E-state index < -0.39 is 0 Å². The van der Waals surface area contributed by atoms with E-state index in [4.69, 9.17) is 0 Å². The van der Waals surface area contributed by atoms with Crippen LogP contribution in [0.2, 0.25) is 0 Å². The first-order chi connectivity index (χ1) is 14.2. The first-order valence-electron chi connectivity index (χ1n) is 10.1. The fourth-order valence-electron chi connectivity index (χ4n) is 4.06. The second-order valence-corrected chi connectivity index (χ2v) is 7.39. The van der Waals surface area contributed by atoms with E-state index in [9.17, 15) is 9.18 Å². The van der Waals surface area contributed by atoms with Crippen LogP contribution in [0.15, 0.2) is 84.9 Å². The van der Waals surface area contributed by atoms with Crippen molar-refractivity contribution >= 4 is 12.0 Å². The van der Waals surface area contributed by atoms with Crippen molar-refractivity contribution in [2.24, 2.45) is 0 Å². The third kappa shape index (κ3) is 4.45. The van der Waals surface area contributed by atoms with Gasteiger partial charge in [0, 0.05) is 12.1 Å². The van der Waals surface area contributed by atoms with E-state index in [0.29, 0.717) is 12.1 Å². The molecule has 4 rings (SSSR count). The van der Waals surface area contributed by atoms with Crippen LogP contribution >= 0.6 is 0 Å². The van der Waals surface area contributed by atoms with E-state index in [1.807, 2.05) is 53.5 Å². The lowest BCUT2D eigenvalue weighted by Crippen LogP contribution is -2.37. The number of carbonyl (C=O) groups is 1. The van der Waals surface area contributed by atoms with Gasteiger partial charge in [0.15, 0.2) is 0 Å². The maximum Gasteiger partial charge on any atom is 0.254 e. The predicted octanol–water partition coefficient (Wildman–Crippen LogP) is 6.06. The summed E-state index contributed by atoms with van der Waals surface area (Å²) in [6.45, 7) is 0.475. The molecule has 0 aliphatic heterocycles. The van der Waals surface area contributed by atoms with Gasteiger partial charge in [-0.25, -0.2) is 4.39 Å². The van der Waals surface area contributed by atoms with E-state index in [0.717, 1.165) is 24.8 Å². The van der Waals surface area contributed by atoms with E-state index in [2.05, 4.69) is 18.2 Å².